The molecule has 6 heteroatoms. The second-order valence-corrected chi connectivity index (χ2v) is 15.7. The van der Waals surface area contributed by atoms with Crippen molar-refractivity contribution in [2.75, 3.05) is 13.2 Å². The Labute approximate surface area is 345 Å². The number of aryl methyl sites for hydroxylation is 2. The van der Waals surface area contributed by atoms with Crippen molar-refractivity contribution in [3.8, 4) is 22.6 Å². The molecule has 0 bridgehead atoms. The van der Waals surface area contributed by atoms with Gasteiger partial charge in [0.25, 0.3) is 0 Å². The molecule has 0 unspecified atom stereocenters. The van der Waals surface area contributed by atoms with Gasteiger partial charge in [0.2, 0.25) is 0 Å². The summed E-state index contributed by atoms with van der Waals surface area (Å²) in [5, 5.41) is 7.26. The van der Waals surface area contributed by atoms with E-state index in [9.17, 15) is 9.59 Å². The van der Waals surface area contributed by atoms with Crippen LogP contribution in [0, 0.1) is 0 Å². The van der Waals surface area contributed by atoms with Gasteiger partial charge in [0.1, 0.15) is 11.5 Å². The van der Waals surface area contributed by atoms with E-state index in [0.29, 0.717) is 24.7 Å². The van der Waals surface area contributed by atoms with E-state index >= 15 is 0 Å². The smallest absolute Gasteiger partial charge is 0.434 e. The third kappa shape index (κ3) is 10.3. The van der Waals surface area contributed by atoms with E-state index in [1.165, 1.54) is 24.0 Å². The van der Waals surface area contributed by atoms with E-state index in [4.69, 9.17) is 18.9 Å². The fourth-order valence-corrected chi connectivity index (χ4v) is 8.15. The average Bonchev–Trinajstić information content (AvgIpc) is 3.25. The van der Waals surface area contributed by atoms with Crippen LogP contribution in [0.4, 0.5) is 9.59 Å². The summed E-state index contributed by atoms with van der Waals surface area (Å²) in [6, 6.07) is 29.5. The number of unbranched alkanes of at least 4 members (excludes halogenated alkanes) is 10. The summed E-state index contributed by atoms with van der Waals surface area (Å²) in [6.07, 6.45) is 15.4. The molecule has 6 aromatic carbocycles. The number of benzene rings is 6. The monoisotopic (exact) mass is 782 g/mol. The topological polar surface area (TPSA) is 71.1 Å². The average molecular weight is 783 g/mol. The van der Waals surface area contributed by atoms with E-state index in [2.05, 4.69) is 76.2 Å². The van der Waals surface area contributed by atoms with Gasteiger partial charge in [0, 0.05) is 21.5 Å². The minimum absolute atomic E-state index is 0.330. The molecule has 6 aromatic rings. The number of fused-ring (bicyclic) bond motifs is 4. The first kappa shape index (κ1) is 42.5. The van der Waals surface area contributed by atoms with Crippen LogP contribution in [0.25, 0.3) is 54.2 Å². The maximum absolute atomic E-state index is 13.4. The summed E-state index contributed by atoms with van der Waals surface area (Å²) in [7, 11) is 0. The van der Waals surface area contributed by atoms with E-state index < -0.39 is 12.3 Å². The molecule has 0 saturated heterocycles. The van der Waals surface area contributed by atoms with Crippen LogP contribution in [0.3, 0.4) is 0 Å². The molecular formula is C52H62O6. The zero-order valence-corrected chi connectivity index (χ0v) is 35.3. The first-order valence-corrected chi connectivity index (χ1v) is 22.1. The fraction of sp³-hybridized carbons (Fsp3) is 0.423. The van der Waals surface area contributed by atoms with Crippen molar-refractivity contribution in [3.05, 3.63) is 96.1 Å². The molecule has 0 atom stereocenters. The SMILES string of the molecule is CCCCCCCOC(=O)Oc1c2ccccc2c(-c2c3ccccc3c(OC(=O)OCCCCCCC)c3ccc(CCCC)cc23)c2cc(CCCC)ccc12. The molecule has 0 saturated carbocycles. The summed E-state index contributed by atoms with van der Waals surface area (Å²) in [5.41, 5.74) is 4.55. The highest BCUT2D eigenvalue weighted by molar-refractivity contribution is 6.27. The lowest BCUT2D eigenvalue weighted by Gasteiger charge is -2.22. The number of carbonyl (C=O) groups excluding carboxylic acids is 2. The van der Waals surface area contributed by atoms with Crippen LogP contribution in [0.5, 0.6) is 11.5 Å². The Balaban J connectivity index is 1.55. The van der Waals surface area contributed by atoms with Gasteiger partial charge in [-0.3, -0.25) is 0 Å². The number of hydrogen-bond acceptors (Lipinski definition) is 6. The number of ether oxygens (including phenoxy) is 4. The molecule has 0 aliphatic rings. The molecule has 0 aliphatic carbocycles. The molecule has 0 radical (unpaired) electrons. The summed E-state index contributed by atoms with van der Waals surface area (Å²) >= 11 is 0. The van der Waals surface area contributed by atoms with Gasteiger partial charge in [0.15, 0.2) is 0 Å². The van der Waals surface area contributed by atoms with Crippen molar-refractivity contribution < 1.29 is 28.5 Å². The largest absolute Gasteiger partial charge is 0.513 e. The molecule has 0 aliphatic heterocycles. The van der Waals surface area contributed by atoms with Gasteiger partial charge < -0.3 is 18.9 Å². The van der Waals surface area contributed by atoms with E-state index in [0.717, 1.165) is 144 Å². The minimum Gasteiger partial charge on any atom is -0.434 e. The zero-order chi connectivity index (χ0) is 40.7. The maximum Gasteiger partial charge on any atom is 0.513 e. The predicted octanol–water partition coefficient (Wildman–Crippen LogP) is 15.6. The standard InChI is InChI=1S/C52H62O6/c1-5-9-13-15-21-33-55-51(53)57-49-41-27-19-17-25-39(41)47(45-35-37(23-11-7-3)29-31-43(45)49)48-40-26-18-20-28-42(40)50(58-52(54)56-34-22-16-14-10-6-2)44-32-30-38(24-12-8-4)36-46(44)48/h17-20,25-32,35-36H,5-16,21-24,33-34H2,1-4H3. The van der Waals surface area contributed by atoms with Crippen LogP contribution in [-0.2, 0) is 22.3 Å². The molecular weight excluding hydrogens is 721 g/mol. The van der Waals surface area contributed by atoms with Crippen LogP contribution in [0.15, 0.2) is 84.9 Å². The summed E-state index contributed by atoms with van der Waals surface area (Å²) < 4.78 is 23.7. The second-order valence-electron chi connectivity index (χ2n) is 15.7. The van der Waals surface area contributed by atoms with E-state index in [1.54, 1.807) is 0 Å². The van der Waals surface area contributed by atoms with E-state index in [1.807, 2.05) is 36.4 Å². The first-order chi connectivity index (χ1) is 28.5. The summed E-state index contributed by atoms with van der Waals surface area (Å²) in [6.45, 7) is 9.46. The molecule has 6 nitrogen and oxygen atoms in total. The first-order valence-electron chi connectivity index (χ1n) is 22.1. The van der Waals surface area contributed by atoms with Crippen molar-refractivity contribution in [3.63, 3.8) is 0 Å². The molecule has 0 heterocycles. The number of carbonyl (C=O) groups is 2. The van der Waals surface area contributed by atoms with Gasteiger partial charge in [-0.2, -0.15) is 0 Å². The van der Waals surface area contributed by atoms with Gasteiger partial charge in [-0.1, -0.05) is 177 Å². The lowest BCUT2D eigenvalue weighted by atomic mass is 9.84. The van der Waals surface area contributed by atoms with Crippen molar-refractivity contribution in [1.29, 1.82) is 0 Å². The van der Waals surface area contributed by atoms with Crippen LogP contribution in [-0.4, -0.2) is 25.5 Å². The molecule has 0 N–H and O–H groups in total. The van der Waals surface area contributed by atoms with Crippen LogP contribution in [0.1, 0.15) is 129 Å². The third-order valence-electron chi connectivity index (χ3n) is 11.3. The molecule has 0 fully saturated rings. The minimum atomic E-state index is -0.685. The predicted molar refractivity (Wildman–Crippen MR) is 241 cm³/mol. The molecule has 0 spiro atoms. The zero-order valence-electron chi connectivity index (χ0n) is 35.3. The molecule has 306 valence electrons. The van der Waals surface area contributed by atoms with Crippen molar-refractivity contribution in [1.82, 2.24) is 0 Å². The molecule has 0 amide bonds. The lowest BCUT2D eigenvalue weighted by Crippen LogP contribution is -2.12. The Morgan fingerprint density at radius 1 is 0.397 bits per heavy atom. The van der Waals surface area contributed by atoms with Crippen LogP contribution in [0.2, 0.25) is 0 Å². The van der Waals surface area contributed by atoms with Crippen LogP contribution >= 0.6 is 0 Å². The fourth-order valence-electron chi connectivity index (χ4n) is 8.15. The quantitative estimate of drug-likeness (QED) is 0.0313. The lowest BCUT2D eigenvalue weighted by molar-refractivity contribution is 0.0972. The normalized spacial score (nSPS) is 11.4. The molecule has 58 heavy (non-hydrogen) atoms. The Kier molecular flexibility index (Phi) is 15.8. The van der Waals surface area contributed by atoms with Crippen molar-refractivity contribution >= 4 is 55.4 Å². The summed E-state index contributed by atoms with van der Waals surface area (Å²) in [4.78, 5) is 26.8. The Morgan fingerprint density at radius 3 is 1.16 bits per heavy atom. The summed E-state index contributed by atoms with van der Waals surface area (Å²) in [5.74, 6) is 1.00. The third-order valence-corrected chi connectivity index (χ3v) is 11.3. The Morgan fingerprint density at radius 2 is 0.759 bits per heavy atom. The van der Waals surface area contributed by atoms with Gasteiger partial charge in [-0.15, -0.1) is 0 Å². The molecule has 0 aromatic heterocycles. The highest BCUT2D eigenvalue weighted by Crippen LogP contribution is 2.50. The second kappa shape index (κ2) is 21.6. The van der Waals surface area contributed by atoms with Gasteiger partial charge in [-0.05, 0) is 82.3 Å². The van der Waals surface area contributed by atoms with Gasteiger partial charge in [0.05, 0.1) is 13.2 Å². The van der Waals surface area contributed by atoms with Crippen molar-refractivity contribution in [2.24, 2.45) is 0 Å². The van der Waals surface area contributed by atoms with Gasteiger partial charge in [-0.25, -0.2) is 9.59 Å². The highest BCUT2D eigenvalue weighted by atomic mass is 16.7. The highest BCUT2D eigenvalue weighted by Gasteiger charge is 2.25. The van der Waals surface area contributed by atoms with Crippen LogP contribution < -0.4 is 9.47 Å². The number of rotatable bonds is 21. The Bertz CT molecular complexity index is 2140. The van der Waals surface area contributed by atoms with E-state index in [-0.39, 0.29) is 0 Å². The Hall–Kier alpha value is -5.10. The molecule has 6 rings (SSSR count). The maximum atomic E-state index is 13.4. The van der Waals surface area contributed by atoms with Crippen molar-refractivity contribution in [2.45, 2.75) is 130 Å². The van der Waals surface area contributed by atoms with Gasteiger partial charge >= 0.3 is 12.3 Å². The number of hydrogen-bond donors (Lipinski definition) is 0.